The van der Waals surface area contributed by atoms with Crippen molar-refractivity contribution in [3.05, 3.63) is 50.4 Å². The number of aryl methyl sites for hydroxylation is 1. The number of likely N-dealkylation sites (N-methyl/N-ethyl adjacent to an activating group) is 1. The van der Waals surface area contributed by atoms with E-state index in [1.54, 1.807) is 19.1 Å². The number of hydrogen-bond donors (Lipinski definition) is 2. The van der Waals surface area contributed by atoms with Crippen LogP contribution >= 0.6 is 23.2 Å². The third-order valence-corrected chi connectivity index (χ3v) is 8.44. The van der Waals surface area contributed by atoms with Crippen molar-refractivity contribution < 1.29 is 18.3 Å². The monoisotopic (exact) mass is 531 g/mol. The van der Waals surface area contributed by atoms with Crippen LogP contribution in [0.15, 0.2) is 34.1 Å². The predicted molar refractivity (Wildman–Crippen MR) is 130 cm³/mol. The highest BCUT2D eigenvalue weighted by molar-refractivity contribution is 7.89. The molecule has 186 valence electrons. The molecule has 2 aromatic rings. The molecule has 3 rings (SSSR count). The zero-order chi connectivity index (χ0) is 25.0. The van der Waals surface area contributed by atoms with Crippen LogP contribution in [0.5, 0.6) is 0 Å². The van der Waals surface area contributed by atoms with E-state index in [-0.39, 0.29) is 27.0 Å². The molecular formula is C21H27Cl2N5O5S. The lowest BCUT2D eigenvalue weighted by Crippen LogP contribution is -2.36. The van der Waals surface area contributed by atoms with Gasteiger partial charge in [0.2, 0.25) is 15.9 Å². The zero-order valence-corrected chi connectivity index (χ0v) is 21.2. The van der Waals surface area contributed by atoms with Gasteiger partial charge in [0.25, 0.3) is 5.56 Å². The van der Waals surface area contributed by atoms with Crippen LogP contribution in [0.3, 0.4) is 0 Å². The van der Waals surface area contributed by atoms with Crippen LogP contribution in [0.4, 0.5) is 5.69 Å². The number of hydrogen-bond acceptors (Lipinski definition) is 7. The van der Waals surface area contributed by atoms with Gasteiger partial charge in [-0.3, -0.25) is 9.59 Å². The van der Waals surface area contributed by atoms with Crippen molar-refractivity contribution in [2.24, 2.45) is 0 Å². The van der Waals surface area contributed by atoms with Gasteiger partial charge in [-0.1, -0.05) is 29.3 Å². The van der Waals surface area contributed by atoms with Gasteiger partial charge in [-0.25, -0.2) is 13.1 Å². The number of rotatable bonds is 7. The topological polar surface area (TPSA) is 125 Å². The molecule has 1 unspecified atom stereocenters. The Morgan fingerprint density at radius 2 is 1.97 bits per heavy atom. The Balaban J connectivity index is 1.89. The molecule has 0 aliphatic carbocycles. The lowest BCUT2D eigenvalue weighted by atomic mass is 10.1. The van der Waals surface area contributed by atoms with Gasteiger partial charge in [-0.15, -0.1) is 0 Å². The molecule has 1 aliphatic heterocycles. The number of sulfonamides is 1. The molecule has 1 aromatic heterocycles. The molecule has 0 bridgehead atoms. The van der Waals surface area contributed by atoms with Crippen molar-refractivity contribution >= 4 is 44.8 Å². The SMILES string of the molecule is Cc1ccc(NC(=O)C(CCO)n2ncc(Cl)c(Cl)c2=O)cc1S(=O)(=O)N1CCCN(C)CC1. The normalized spacial score (nSPS) is 16.7. The Kier molecular flexibility index (Phi) is 8.72. The van der Waals surface area contributed by atoms with Crippen LogP contribution in [0, 0.1) is 6.92 Å². The van der Waals surface area contributed by atoms with Gasteiger partial charge in [0, 0.05) is 38.3 Å². The molecule has 10 nitrogen and oxygen atoms in total. The second kappa shape index (κ2) is 11.1. The molecule has 1 atom stereocenters. The van der Waals surface area contributed by atoms with E-state index >= 15 is 0 Å². The number of aromatic nitrogens is 2. The number of nitrogens with zero attached hydrogens (tertiary/aromatic N) is 4. The zero-order valence-electron chi connectivity index (χ0n) is 18.9. The van der Waals surface area contributed by atoms with Gasteiger partial charge in [0.05, 0.1) is 16.1 Å². The van der Waals surface area contributed by atoms with Crippen LogP contribution in [-0.2, 0) is 14.8 Å². The van der Waals surface area contributed by atoms with E-state index in [9.17, 15) is 23.1 Å². The first kappa shape index (κ1) is 26.6. The molecule has 13 heteroatoms. The first-order valence-electron chi connectivity index (χ1n) is 10.7. The second-order valence-electron chi connectivity index (χ2n) is 8.11. The third-order valence-electron chi connectivity index (χ3n) is 5.65. The summed E-state index contributed by atoms with van der Waals surface area (Å²) in [7, 11) is -1.83. The molecule has 1 saturated heterocycles. The van der Waals surface area contributed by atoms with Gasteiger partial charge >= 0.3 is 0 Å². The maximum atomic E-state index is 13.4. The van der Waals surface area contributed by atoms with Gasteiger partial charge in [0.1, 0.15) is 11.1 Å². The number of carbonyl (C=O) groups excluding carboxylic acids is 1. The van der Waals surface area contributed by atoms with Crippen molar-refractivity contribution in [2.45, 2.75) is 30.7 Å². The minimum atomic E-state index is -3.78. The minimum Gasteiger partial charge on any atom is -0.396 e. The summed E-state index contributed by atoms with van der Waals surface area (Å²) in [4.78, 5) is 27.6. The van der Waals surface area contributed by atoms with Gasteiger partial charge in [0.15, 0.2) is 0 Å². The fraction of sp³-hybridized carbons (Fsp3) is 0.476. The average Bonchev–Trinajstić information content (AvgIpc) is 3.02. The van der Waals surface area contributed by atoms with E-state index in [4.69, 9.17) is 23.2 Å². The molecule has 1 amide bonds. The smallest absolute Gasteiger partial charge is 0.287 e. The first-order chi connectivity index (χ1) is 16.1. The summed E-state index contributed by atoms with van der Waals surface area (Å²) < 4.78 is 29.0. The molecule has 0 saturated carbocycles. The highest BCUT2D eigenvalue weighted by Crippen LogP contribution is 2.26. The Morgan fingerprint density at radius 1 is 1.24 bits per heavy atom. The molecule has 0 spiro atoms. The predicted octanol–water partition coefficient (Wildman–Crippen LogP) is 1.75. The summed E-state index contributed by atoms with van der Waals surface area (Å²) in [6.45, 7) is 3.52. The Morgan fingerprint density at radius 3 is 2.68 bits per heavy atom. The van der Waals surface area contributed by atoms with Crippen molar-refractivity contribution in [1.29, 1.82) is 0 Å². The van der Waals surface area contributed by atoms with E-state index in [2.05, 4.69) is 15.3 Å². The Labute approximate surface area is 208 Å². The molecule has 2 N–H and O–H groups in total. The second-order valence-corrected chi connectivity index (χ2v) is 10.8. The van der Waals surface area contributed by atoms with Crippen LogP contribution < -0.4 is 10.9 Å². The molecular weight excluding hydrogens is 505 g/mol. The largest absolute Gasteiger partial charge is 0.396 e. The minimum absolute atomic E-state index is 0.0563. The van der Waals surface area contributed by atoms with Crippen molar-refractivity contribution in [1.82, 2.24) is 19.0 Å². The van der Waals surface area contributed by atoms with Crippen LogP contribution in [-0.4, -0.2) is 78.3 Å². The van der Waals surface area contributed by atoms with E-state index in [0.717, 1.165) is 23.8 Å². The number of benzene rings is 1. The number of amides is 1. The number of nitrogens with one attached hydrogen (secondary N) is 1. The van der Waals surface area contributed by atoms with E-state index in [0.29, 0.717) is 25.2 Å². The molecule has 34 heavy (non-hydrogen) atoms. The molecule has 0 radical (unpaired) electrons. The van der Waals surface area contributed by atoms with Crippen LogP contribution in [0.25, 0.3) is 0 Å². The summed E-state index contributed by atoms with van der Waals surface area (Å²) in [5, 5.41) is 15.6. The highest BCUT2D eigenvalue weighted by atomic mass is 35.5. The summed E-state index contributed by atoms with van der Waals surface area (Å²) in [6.07, 6.45) is 1.74. The van der Waals surface area contributed by atoms with Crippen molar-refractivity contribution in [2.75, 3.05) is 45.2 Å². The summed E-state index contributed by atoms with van der Waals surface area (Å²) in [5.74, 6) is -0.661. The van der Waals surface area contributed by atoms with Gasteiger partial charge < -0.3 is 15.3 Å². The molecule has 1 aliphatic rings. The van der Waals surface area contributed by atoms with E-state index in [1.807, 2.05) is 7.05 Å². The third kappa shape index (κ3) is 5.78. The molecule has 1 aromatic carbocycles. The van der Waals surface area contributed by atoms with E-state index in [1.165, 1.54) is 10.4 Å². The van der Waals surface area contributed by atoms with Crippen molar-refractivity contribution in [3.8, 4) is 0 Å². The quantitative estimate of drug-likeness (QED) is 0.557. The summed E-state index contributed by atoms with van der Waals surface area (Å²) >= 11 is 11.7. The summed E-state index contributed by atoms with van der Waals surface area (Å²) in [6, 6.07) is 3.40. The van der Waals surface area contributed by atoms with E-state index < -0.39 is 34.1 Å². The Bertz CT molecular complexity index is 1220. The van der Waals surface area contributed by atoms with Crippen molar-refractivity contribution in [3.63, 3.8) is 0 Å². The van der Waals surface area contributed by atoms with Gasteiger partial charge in [-0.05, 0) is 44.6 Å². The number of aliphatic hydroxyl groups excluding tert-OH is 1. The Hall–Kier alpha value is -2.02. The number of carbonyl (C=O) groups is 1. The fourth-order valence-corrected chi connectivity index (χ4v) is 5.70. The number of halogens is 2. The lowest BCUT2D eigenvalue weighted by molar-refractivity contribution is -0.120. The fourth-order valence-electron chi connectivity index (χ4n) is 3.72. The highest BCUT2D eigenvalue weighted by Gasteiger charge is 2.29. The average molecular weight is 532 g/mol. The lowest BCUT2D eigenvalue weighted by Gasteiger charge is -2.22. The maximum absolute atomic E-state index is 13.4. The van der Waals surface area contributed by atoms with Crippen LogP contribution in [0.1, 0.15) is 24.4 Å². The molecule has 1 fully saturated rings. The maximum Gasteiger partial charge on any atom is 0.287 e. The van der Waals surface area contributed by atoms with Crippen LogP contribution in [0.2, 0.25) is 10.0 Å². The van der Waals surface area contributed by atoms with Gasteiger partial charge in [-0.2, -0.15) is 9.40 Å². The summed E-state index contributed by atoms with van der Waals surface area (Å²) in [5.41, 5.74) is 0.00288. The molecule has 2 heterocycles. The standard InChI is InChI=1S/C21H27Cl2N5O5S/c1-14-4-5-15(12-18(14)34(32,33)27-8-3-7-26(2)9-10-27)25-20(30)17(6-11-29)28-21(31)19(23)16(22)13-24-28/h4-5,12-13,17,29H,3,6-11H2,1-2H3,(H,25,30). The first-order valence-corrected chi connectivity index (χ1v) is 12.9. The number of anilines is 1. The number of aliphatic hydroxyl groups is 1.